The highest BCUT2D eigenvalue weighted by atomic mass is 35.5. The summed E-state index contributed by atoms with van der Waals surface area (Å²) < 4.78 is 10.6. The molecule has 0 saturated carbocycles. The maximum Gasteiger partial charge on any atom is 0.209 e. The molecule has 0 bridgehead atoms. The highest BCUT2D eigenvalue weighted by Gasteiger charge is 2.01. The topological polar surface area (TPSA) is 35.3 Å². The van der Waals surface area contributed by atoms with Gasteiger partial charge in [-0.05, 0) is 6.42 Å². The van der Waals surface area contributed by atoms with Crippen molar-refractivity contribution in [2.45, 2.75) is 25.6 Å². The Kier molecular flexibility index (Phi) is 4.86. The Bertz CT molecular complexity index is 237. The van der Waals surface area contributed by atoms with E-state index in [1.54, 1.807) is 6.20 Å². The molecule has 0 spiro atoms. The molecule has 74 valence electrons. The normalized spacial score (nSPS) is 10.6. The zero-order valence-corrected chi connectivity index (χ0v) is 8.51. The van der Waals surface area contributed by atoms with Crippen molar-refractivity contribution in [2.24, 2.45) is 0 Å². The average Bonchev–Trinajstić information content (AvgIpc) is 2.60. The summed E-state index contributed by atoms with van der Waals surface area (Å²) in [5.41, 5.74) is 0. The van der Waals surface area contributed by atoms with Gasteiger partial charge in [0, 0.05) is 13.0 Å². The van der Waals surface area contributed by atoms with Crippen molar-refractivity contribution in [3.63, 3.8) is 0 Å². The number of rotatable bonds is 6. The van der Waals surface area contributed by atoms with Gasteiger partial charge in [0.1, 0.15) is 5.76 Å². The number of hydrogen-bond acceptors (Lipinski definition) is 3. The van der Waals surface area contributed by atoms with Crippen LogP contribution in [0.1, 0.15) is 25.0 Å². The van der Waals surface area contributed by atoms with Crippen LogP contribution in [0.4, 0.5) is 0 Å². The first-order valence-corrected chi connectivity index (χ1v) is 4.97. The molecule has 3 nitrogen and oxygen atoms in total. The van der Waals surface area contributed by atoms with Gasteiger partial charge in [0.25, 0.3) is 0 Å². The van der Waals surface area contributed by atoms with Crippen molar-refractivity contribution in [1.29, 1.82) is 0 Å². The maximum absolute atomic E-state index is 5.54. The Morgan fingerprint density at radius 3 is 3.00 bits per heavy atom. The minimum atomic E-state index is 0.329. The Labute approximate surface area is 83.1 Å². The standard InChI is InChI=1S/C9H14ClNO2/c1-2-4-12-5-3-8-7-11-9(6-10)13-8/h7H,2-6H2,1H3. The number of ether oxygens (including phenoxy) is 1. The molecule has 0 aliphatic rings. The molecule has 0 amide bonds. The Balaban J connectivity index is 2.20. The van der Waals surface area contributed by atoms with Gasteiger partial charge in [-0.2, -0.15) is 0 Å². The van der Waals surface area contributed by atoms with Gasteiger partial charge in [0.05, 0.1) is 18.7 Å². The minimum absolute atomic E-state index is 0.329. The Morgan fingerprint density at radius 1 is 1.54 bits per heavy atom. The van der Waals surface area contributed by atoms with Crippen LogP contribution in [0.3, 0.4) is 0 Å². The molecular formula is C9H14ClNO2. The van der Waals surface area contributed by atoms with E-state index >= 15 is 0 Å². The second kappa shape index (κ2) is 6.00. The van der Waals surface area contributed by atoms with Gasteiger partial charge >= 0.3 is 0 Å². The summed E-state index contributed by atoms with van der Waals surface area (Å²) in [5.74, 6) is 1.74. The monoisotopic (exact) mass is 203 g/mol. The van der Waals surface area contributed by atoms with E-state index in [-0.39, 0.29) is 0 Å². The van der Waals surface area contributed by atoms with E-state index in [2.05, 4.69) is 11.9 Å². The number of alkyl halides is 1. The molecule has 1 aromatic heterocycles. The van der Waals surface area contributed by atoms with Gasteiger partial charge in [-0.3, -0.25) is 0 Å². The highest BCUT2D eigenvalue weighted by molar-refractivity contribution is 6.16. The zero-order valence-electron chi connectivity index (χ0n) is 7.75. The summed E-state index contributed by atoms with van der Waals surface area (Å²) in [7, 11) is 0. The Morgan fingerprint density at radius 2 is 2.38 bits per heavy atom. The Hall–Kier alpha value is -0.540. The van der Waals surface area contributed by atoms with E-state index in [1.165, 1.54) is 0 Å². The van der Waals surface area contributed by atoms with Crippen molar-refractivity contribution in [1.82, 2.24) is 4.98 Å². The summed E-state index contributed by atoms with van der Waals surface area (Å²) in [6.07, 6.45) is 3.51. The highest BCUT2D eigenvalue weighted by Crippen LogP contribution is 2.06. The van der Waals surface area contributed by atoms with Gasteiger partial charge in [0.15, 0.2) is 0 Å². The second-order valence-electron chi connectivity index (χ2n) is 2.72. The minimum Gasteiger partial charge on any atom is -0.444 e. The van der Waals surface area contributed by atoms with Crippen LogP contribution in [0, 0.1) is 0 Å². The van der Waals surface area contributed by atoms with Gasteiger partial charge in [-0.1, -0.05) is 6.92 Å². The lowest BCUT2D eigenvalue weighted by Gasteiger charge is -1.98. The summed E-state index contributed by atoms with van der Waals surface area (Å²) in [6.45, 7) is 3.57. The van der Waals surface area contributed by atoms with Crippen molar-refractivity contribution < 1.29 is 9.15 Å². The molecule has 0 aromatic carbocycles. The third-order valence-electron chi connectivity index (χ3n) is 1.56. The fourth-order valence-corrected chi connectivity index (χ4v) is 1.07. The lowest BCUT2D eigenvalue weighted by Crippen LogP contribution is -1.98. The van der Waals surface area contributed by atoms with Crippen molar-refractivity contribution in [3.8, 4) is 0 Å². The lowest BCUT2D eigenvalue weighted by molar-refractivity contribution is 0.134. The number of hydrogen-bond donors (Lipinski definition) is 0. The van der Waals surface area contributed by atoms with Crippen molar-refractivity contribution >= 4 is 11.6 Å². The molecule has 0 saturated heterocycles. The lowest BCUT2D eigenvalue weighted by atomic mass is 10.4. The van der Waals surface area contributed by atoms with Crippen LogP contribution in [-0.2, 0) is 17.0 Å². The van der Waals surface area contributed by atoms with Crippen molar-refractivity contribution in [2.75, 3.05) is 13.2 Å². The van der Waals surface area contributed by atoms with Crippen molar-refractivity contribution in [3.05, 3.63) is 17.8 Å². The number of aromatic nitrogens is 1. The molecule has 0 N–H and O–H groups in total. The molecular weight excluding hydrogens is 190 g/mol. The van der Waals surface area contributed by atoms with Crippen LogP contribution in [-0.4, -0.2) is 18.2 Å². The first-order valence-electron chi connectivity index (χ1n) is 4.44. The summed E-state index contributed by atoms with van der Waals surface area (Å²) in [4.78, 5) is 3.98. The first-order chi connectivity index (χ1) is 6.36. The molecule has 1 aromatic rings. The third-order valence-corrected chi connectivity index (χ3v) is 1.79. The van der Waals surface area contributed by atoms with Crippen LogP contribution in [0.15, 0.2) is 10.6 Å². The molecule has 4 heteroatoms. The second-order valence-corrected chi connectivity index (χ2v) is 2.98. The number of nitrogens with zero attached hydrogens (tertiary/aromatic N) is 1. The van der Waals surface area contributed by atoms with Gasteiger partial charge in [-0.25, -0.2) is 4.98 Å². The van der Waals surface area contributed by atoms with E-state index in [1.807, 2.05) is 0 Å². The summed E-state index contributed by atoms with van der Waals surface area (Å²) in [5, 5.41) is 0. The van der Waals surface area contributed by atoms with Crippen LogP contribution in [0.5, 0.6) is 0 Å². The quantitative estimate of drug-likeness (QED) is 0.526. The molecule has 0 aliphatic carbocycles. The molecule has 0 fully saturated rings. The summed E-state index contributed by atoms with van der Waals surface area (Å²) >= 11 is 5.54. The van der Waals surface area contributed by atoms with Crippen LogP contribution in [0.2, 0.25) is 0 Å². The van der Waals surface area contributed by atoms with E-state index in [4.69, 9.17) is 20.8 Å². The maximum atomic E-state index is 5.54. The molecule has 0 radical (unpaired) electrons. The molecule has 1 rings (SSSR count). The molecule has 0 unspecified atom stereocenters. The van der Waals surface area contributed by atoms with E-state index in [9.17, 15) is 0 Å². The predicted molar refractivity (Wildman–Crippen MR) is 50.9 cm³/mol. The van der Waals surface area contributed by atoms with E-state index in [0.29, 0.717) is 18.4 Å². The third kappa shape index (κ3) is 3.79. The predicted octanol–water partition coefficient (Wildman–Crippen LogP) is 2.38. The van der Waals surface area contributed by atoms with E-state index in [0.717, 1.165) is 25.2 Å². The average molecular weight is 204 g/mol. The van der Waals surface area contributed by atoms with E-state index < -0.39 is 0 Å². The largest absolute Gasteiger partial charge is 0.444 e. The van der Waals surface area contributed by atoms with Crippen LogP contribution in [0.25, 0.3) is 0 Å². The summed E-state index contributed by atoms with van der Waals surface area (Å²) in [6, 6.07) is 0. The number of halogens is 1. The molecule has 0 aliphatic heterocycles. The fraction of sp³-hybridized carbons (Fsp3) is 0.667. The number of oxazole rings is 1. The molecule has 0 atom stereocenters. The molecule has 13 heavy (non-hydrogen) atoms. The zero-order chi connectivity index (χ0) is 9.52. The first kappa shape index (κ1) is 10.5. The SMILES string of the molecule is CCCOCCc1cnc(CCl)o1. The van der Waals surface area contributed by atoms with Gasteiger partial charge in [0.2, 0.25) is 5.89 Å². The fourth-order valence-electron chi connectivity index (χ4n) is 0.945. The van der Waals surface area contributed by atoms with Crippen LogP contribution < -0.4 is 0 Å². The van der Waals surface area contributed by atoms with Crippen LogP contribution >= 0.6 is 11.6 Å². The smallest absolute Gasteiger partial charge is 0.209 e. The van der Waals surface area contributed by atoms with Gasteiger partial charge < -0.3 is 9.15 Å². The van der Waals surface area contributed by atoms with Gasteiger partial charge in [-0.15, -0.1) is 11.6 Å². The molecule has 1 heterocycles.